The Hall–Kier alpha value is -1.29. The summed E-state index contributed by atoms with van der Waals surface area (Å²) in [5.74, 6) is 0. The first-order chi connectivity index (χ1) is 5.94. The number of nitrogens with zero attached hydrogens (tertiary/aromatic N) is 1. The van der Waals surface area contributed by atoms with Gasteiger partial charge in [-0.3, -0.25) is 0 Å². The van der Waals surface area contributed by atoms with Crippen LogP contribution in [-0.4, -0.2) is 0 Å². The Morgan fingerprint density at radius 2 is 2.15 bits per heavy atom. The Balaban J connectivity index is 2.95. The first-order valence-electron chi connectivity index (χ1n) is 4.40. The van der Waals surface area contributed by atoms with Gasteiger partial charge >= 0.3 is 0 Å². The molecule has 0 bridgehead atoms. The van der Waals surface area contributed by atoms with Crippen molar-refractivity contribution in [3.05, 3.63) is 47.5 Å². The van der Waals surface area contributed by atoms with Crippen LogP contribution >= 0.6 is 0 Å². The lowest BCUT2D eigenvalue weighted by Gasteiger charge is -2.30. The Morgan fingerprint density at radius 1 is 1.54 bits per heavy atom. The van der Waals surface area contributed by atoms with Crippen LogP contribution in [0.1, 0.15) is 26.7 Å². The molecule has 0 unspecified atom stereocenters. The highest BCUT2D eigenvalue weighted by atomic mass is 14.7. The molecule has 1 aliphatic rings. The smallest absolute Gasteiger partial charge is 0.183 e. The van der Waals surface area contributed by atoms with E-state index >= 15 is 0 Å². The van der Waals surface area contributed by atoms with Crippen molar-refractivity contribution in [1.29, 1.82) is 0 Å². The second kappa shape index (κ2) is 3.22. The van der Waals surface area contributed by atoms with Crippen LogP contribution in [0.2, 0.25) is 0 Å². The first-order valence-corrected chi connectivity index (χ1v) is 4.40. The summed E-state index contributed by atoms with van der Waals surface area (Å²) in [5.41, 5.74) is 2.95. The van der Waals surface area contributed by atoms with Crippen LogP contribution < -0.4 is 0 Å². The maximum atomic E-state index is 6.90. The van der Waals surface area contributed by atoms with Crippen LogP contribution in [0, 0.1) is 12.0 Å². The lowest BCUT2D eigenvalue weighted by atomic mass is 9.75. The summed E-state index contributed by atoms with van der Waals surface area (Å²) in [7, 11) is 0. The predicted molar refractivity (Wildman–Crippen MR) is 56.0 cm³/mol. The molecule has 1 rings (SSSR count). The van der Waals surface area contributed by atoms with Gasteiger partial charge in [-0.05, 0) is 23.8 Å². The van der Waals surface area contributed by atoms with Crippen molar-refractivity contribution in [3.8, 4) is 0 Å². The molecule has 0 saturated heterocycles. The Bertz CT molecular complexity index is 324. The largest absolute Gasteiger partial charge is 0.239 e. The van der Waals surface area contributed by atoms with Crippen LogP contribution in [0.15, 0.2) is 36.1 Å². The fourth-order valence-electron chi connectivity index (χ4n) is 1.80. The molecular formula is C12H15N. The van der Waals surface area contributed by atoms with E-state index in [4.69, 9.17) is 6.57 Å². The molecule has 68 valence electrons. The van der Waals surface area contributed by atoms with Gasteiger partial charge in [0.15, 0.2) is 5.70 Å². The minimum Gasteiger partial charge on any atom is -0.239 e. The van der Waals surface area contributed by atoms with Gasteiger partial charge in [0, 0.05) is 0 Å². The van der Waals surface area contributed by atoms with Crippen LogP contribution in [0.5, 0.6) is 0 Å². The molecule has 0 saturated carbocycles. The Kier molecular flexibility index (Phi) is 2.43. The van der Waals surface area contributed by atoms with Gasteiger partial charge in [0.2, 0.25) is 0 Å². The third-order valence-electron chi connectivity index (χ3n) is 2.26. The highest BCUT2D eigenvalue weighted by Crippen LogP contribution is 2.39. The summed E-state index contributed by atoms with van der Waals surface area (Å²) in [6, 6.07) is 0. The van der Waals surface area contributed by atoms with Crippen LogP contribution in [0.4, 0.5) is 0 Å². The predicted octanol–water partition coefficient (Wildman–Crippen LogP) is 3.72. The minimum atomic E-state index is 0.231. The quantitative estimate of drug-likeness (QED) is 0.532. The van der Waals surface area contributed by atoms with Crippen molar-refractivity contribution in [2.75, 3.05) is 0 Å². The van der Waals surface area contributed by atoms with E-state index in [1.54, 1.807) is 0 Å². The van der Waals surface area contributed by atoms with Crippen LogP contribution in [0.25, 0.3) is 4.85 Å². The topological polar surface area (TPSA) is 4.36 Å². The maximum absolute atomic E-state index is 6.90. The second-order valence-corrected chi connectivity index (χ2v) is 4.40. The average molecular weight is 173 g/mol. The standard InChI is InChI=1S/C12H15N/c1-9-6-11(10(2)13-5)8-12(3,4)7-9/h6H,1-2,7-8H2,3-4H3. The number of hydrogen-bond donors (Lipinski definition) is 0. The molecule has 13 heavy (non-hydrogen) atoms. The fraction of sp³-hybridized carbons (Fsp3) is 0.417. The number of rotatable bonds is 1. The van der Waals surface area contributed by atoms with E-state index in [1.807, 2.05) is 6.08 Å². The molecule has 1 aliphatic carbocycles. The van der Waals surface area contributed by atoms with Gasteiger partial charge < -0.3 is 0 Å². The van der Waals surface area contributed by atoms with Crippen molar-refractivity contribution >= 4 is 0 Å². The zero-order valence-corrected chi connectivity index (χ0v) is 8.35. The third kappa shape index (κ3) is 2.32. The number of allylic oxidation sites excluding steroid dienone is 3. The van der Waals surface area contributed by atoms with E-state index in [9.17, 15) is 0 Å². The van der Waals surface area contributed by atoms with Crippen LogP contribution in [0.3, 0.4) is 0 Å². The summed E-state index contributed by atoms with van der Waals surface area (Å²) >= 11 is 0. The highest BCUT2D eigenvalue weighted by Gasteiger charge is 2.25. The third-order valence-corrected chi connectivity index (χ3v) is 2.26. The fourth-order valence-corrected chi connectivity index (χ4v) is 1.80. The van der Waals surface area contributed by atoms with E-state index in [2.05, 4.69) is 31.9 Å². The Labute approximate surface area is 80.3 Å². The van der Waals surface area contributed by atoms with E-state index in [1.165, 1.54) is 0 Å². The van der Waals surface area contributed by atoms with E-state index in [0.717, 1.165) is 24.0 Å². The summed E-state index contributed by atoms with van der Waals surface area (Å²) in [6.07, 6.45) is 3.96. The van der Waals surface area contributed by atoms with E-state index in [-0.39, 0.29) is 5.41 Å². The van der Waals surface area contributed by atoms with Crippen molar-refractivity contribution < 1.29 is 0 Å². The molecule has 0 aromatic rings. The van der Waals surface area contributed by atoms with Gasteiger partial charge in [0.05, 0.1) is 6.57 Å². The molecule has 0 spiro atoms. The van der Waals surface area contributed by atoms with Gasteiger partial charge in [0.1, 0.15) is 0 Å². The molecule has 0 aromatic carbocycles. The monoisotopic (exact) mass is 173 g/mol. The van der Waals surface area contributed by atoms with E-state index in [0.29, 0.717) is 5.70 Å². The van der Waals surface area contributed by atoms with Gasteiger partial charge in [-0.2, -0.15) is 0 Å². The highest BCUT2D eigenvalue weighted by molar-refractivity contribution is 5.41. The summed E-state index contributed by atoms with van der Waals surface area (Å²) in [4.78, 5) is 3.36. The summed E-state index contributed by atoms with van der Waals surface area (Å²) < 4.78 is 0. The van der Waals surface area contributed by atoms with Gasteiger partial charge in [0.25, 0.3) is 0 Å². The molecule has 0 amide bonds. The molecule has 0 radical (unpaired) electrons. The van der Waals surface area contributed by atoms with Gasteiger partial charge in [-0.15, -0.1) is 0 Å². The lowest BCUT2D eigenvalue weighted by Crippen LogP contribution is -2.17. The maximum Gasteiger partial charge on any atom is 0.183 e. The van der Waals surface area contributed by atoms with E-state index < -0.39 is 0 Å². The zero-order chi connectivity index (χ0) is 10.1. The van der Waals surface area contributed by atoms with Gasteiger partial charge in [-0.25, -0.2) is 4.85 Å². The van der Waals surface area contributed by atoms with Crippen molar-refractivity contribution in [2.24, 2.45) is 5.41 Å². The van der Waals surface area contributed by atoms with Crippen molar-refractivity contribution in [2.45, 2.75) is 26.7 Å². The Morgan fingerprint density at radius 3 is 2.62 bits per heavy atom. The van der Waals surface area contributed by atoms with Crippen LogP contribution in [-0.2, 0) is 0 Å². The SMILES string of the molecule is [C-]#[N+]C(=C)C1=CC(=C)CC(C)(C)C1. The zero-order valence-electron chi connectivity index (χ0n) is 8.35. The molecule has 0 atom stereocenters. The molecule has 0 aliphatic heterocycles. The lowest BCUT2D eigenvalue weighted by molar-refractivity contribution is 0.354. The minimum absolute atomic E-state index is 0.231. The van der Waals surface area contributed by atoms with Crippen molar-refractivity contribution in [3.63, 3.8) is 0 Å². The second-order valence-electron chi connectivity index (χ2n) is 4.40. The van der Waals surface area contributed by atoms with Crippen molar-refractivity contribution in [1.82, 2.24) is 0 Å². The molecule has 1 heteroatoms. The molecule has 0 fully saturated rings. The number of hydrogen-bond acceptors (Lipinski definition) is 0. The van der Waals surface area contributed by atoms with Gasteiger partial charge in [-0.1, -0.05) is 38.7 Å². The normalized spacial score (nSPS) is 20.4. The molecule has 1 nitrogen and oxygen atoms in total. The average Bonchev–Trinajstić information content (AvgIpc) is 1.99. The molecule has 0 N–H and O–H groups in total. The summed E-state index contributed by atoms with van der Waals surface area (Å²) in [5, 5.41) is 0. The summed E-state index contributed by atoms with van der Waals surface area (Å²) in [6.45, 7) is 19.0. The molecule has 0 heterocycles. The molecule has 0 aromatic heterocycles. The molecular weight excluding hydrogens is 158 g/mol. The first kappa shape index (κ1) is 9.80.